The molecular weight excluding hydrogens is 253 g/mol. The molecule has 1 rings (SSSR count). The lowest BCUT2D eigenvalue weighted by atomic mass is 9.93. The summed E-state index contributed by atoms with van der Waals surface area (Å²) in [5.74, 6) is -0.459. The van der Waals surface area contributed by atoms with E-state index < -0.39 is 5.82 Å². The standard InChI is InChI=1S/C13H21ClFN3/c1-13(2,8-18(3)4)7-17-12-6-10(15)9(14)5-11(12)16/h5-6,17H,7-8,16H2,1-4H3. The van der Waals surface area contributed by atoms with Crippen molar-refractivity contribution in [3.05, 3.63) is 23.0 Å². The van der Waals surface area contributed by atoms with E-state index >= 15 is 0 Å². The van der Waals surface area contributed by atoms with Crippen molar-refractivity contribution in [2.45, 2.75) is 13.8 Å². The van der Waals surface area contributed by atoms with Crippen molar-refractivity contribution in [2.75, 3.05) is 38.2 Å². The largest absolute Gasteiger partial charge is 0.397 e. The molecule has 0 amide bonds. The van der Waals surface area contributed by atoms with Crippen molar-refractivity contribution in [1.82, 2.24) is 4.90 Å². The molecule has 0 saturated carbocycles. The van der Waals surface area contributed by atoms with Crippen molar-refractivity contribution in [3.8, 4) is 0 Å². The van der Waals surface area contributed by atoms with Gasteiger partial charge in [0.15, 0.2) is 0 Å². The molecule has 0 saturated heterocycles. The zero-order chi connectivity index (χ0) is 13.9. The van der Waals surface area contributed by atoms with Crippen molar-refractivity contribution >= 4 is 23.0 Å². The zero-order valence-corrected chi connectivity index (χ0v) is 12.1. The first-order valence-electron chi connectivity index (χ1n) is 5.84. The van der Waals surface area contributed by atoms with E-state index in [0.29, 0.717) is 17.9 Å². The number of nitrogen functional groups attached to an aromatic ring is 1. The highest BCUT2D eigenvalue weighted by molar-refractivity contribution is 6.31. The summed E-state index contributed by atoms with van der Waals surface area (Å²) in [6.07, 6.45) is 0. The Labute approximate surface area is 113 Å². The van der Waals surface area contributed by atoms with E-state index in [2.05, 4.69) is 24.1 Å². The molecule has 0 heterocycles. The van der Waals surface area contributed by atoms with Crippen LogP contribution in [-0.4, -0.2) is 32.1 Å². The molecule has 102 valence electrons. The Kier molecular flexibility index (Phi) is 4.82. The molecule has 1 aromatic rings. The predicted molar refractivity (Wildman–Crippen MR) is 76.6 cm³/mol. The van der Waals surface area contributed by atoms with Gasteiger partial charge in [-0.2, -0.15) is 0 Å². The number of rotatable bonds is 5. The fraction of sp³-hybridized carbons (Fsp3) is 0.538. The normalized spacial score (nSPS) is 11.9. The number of halogens is 2. The molecule has 5 heteroatoms. The fourth-order valence-corrected chi connectivity index (χ4v) is 2.13. The van der Waals surface area contributed by atoms with E-state index in [1.165, 1.54) is 12.1 Å². The third-order valence-corrected chi connectivity index (χ3v) is 2.88. The van der Waals surface area contributed by atoms with Crippen molar-refractivity contribution < 1.29 is 4.39 Å². The molecule has 0 fully saturated rings. The summed E-state index contributed by atoms with van der Waals surface area (Å²) in [6, 6.07) is 2.77. The Bertz CT molecular complexity index is 419. The number of hydrogen-bond donors (Lipinski definition) is 2. The molecule has 0 aliphatic carbocycles. The van der Waals surface area contributed by atoms with Gasteiger partial charge in [-0.3, -0.25) is 0 Å². The summed E-state index contributed by atoms with van der Waals surface area (Å²) >= 11 is 5.66. The Morgan fingerprint density at radius 1 is 1.39 bits per heavy atom. The van der Waals surface area contributed by atoms with Crippen LogP contribution < -0.4 is 11.1 Å². The Hall–Kier alpha value is -1.00. The molecule has 3 nitrogen and oxygen atoms in total. The minimum atomic E-state index is -0.459. The van der Waals surface area contributed by atoms with Crippen LogP contribution in [0.15, 0.2) is 12.1 Å². The first kappa shape index (κ1) is 15.1. The third-order valence-electron chi connectivity index (χ3n) is 2.59. The average Bonchev–Trinajstić information content (AvgIpc) is 2.19. The summed E-state index contributed by atoms with van der Waals surface area (Å²) in [4.78, 5) is 2.12. The molecule has 1 aromatic carbocycles. The van der Waals surface area contributed by atoms with Crippen LogP contribution in [0.3, 0.4) is 0 Å². The molecule has 0 aromatic heterocycles. The van der Waals surface area contributed by atoms with Crippen LogP contribution in [0.25, 0.3) is 0 Å². The lowest BCUT2D eigenvalue weighted by molar-refractivity contribution is 0.254. The fourth-order valence-electron chi connectivity index (χ4n) is 1.96. The number of nitrogens with two attached hydrogens (primary N) is 1. The monoisotopic (exact) mass is 273 g/mol. The van der Waals surface area contributed by atoms with Crippen LogP contribution in [0.4, 0.5) is 15.8 Å². The zero-order valence-electron chi connectivity index (χ0n) is 11.3. The lowest BCUT2D eigenvalue weighted by Gasteiger charge is -2.29. The minimum absolute atomic E-state index is 0.0469. The van der Waals surface area contributed by atoms with Gasteiger partial charge in [-0.15, -0.1) is 0 Å². The van der Waals surface area contributed by atoms with Crippen molar-refractivity contribution in [2.24, 2.45) is 5.41 Å². The maximum atomic E-state index is 13.4. The second-order valence-corrected chi connectivity index (χ2v) is 6.02. The molecule has 3 N–H and O–H groups in total. The second-order valence-electron chi connectivity index (χ2n) is 5.61. The number of hydrogen-bond acceptors (Lipinski definition) is 3. The molecule has 0 bridgehead atoms. The van der Waals surface area contributed by atoms with Crippen LogP contribution in [0.5, 0.6) is 0 Å². The number of benzene rings is 1. The lowest BCUT2D eigenvalue weighted by Crippen LogP contribution is -2.34. The highest BCUT2D eigenvalue weighted by Crippen LogP contribution is 2.27. The van der Waals surface area contributed by atoms with Gasteiger partial charge in [0.1, 0.15) is 5.82 Å². The van der Waals surface area contributed by atoms with Crippen LogP contribution >= 0.6 is 11.6 Å². The summed E-state index contributed by atoms with van der Waals surface area (Å²) in [6.45, 7) is 5.91. The first-order chi connectivity index (χ1) is 8.21. The minimum Gasteiger partial charge on any atom is -0.397 e. The van der Waals surface area contributed by atoms with Gasteiger partial charge in [-0.25, -0.2) is 4.39 Å². The van der Waals surface area contributed by atoms with Gasteiger partial charge in [-0.1, -0.05) is 25.4 Å². The van der Waals surface area contributed by atoms with E-state index in [1.54, 1.807) is 0 Å². The molecule has 0 radical (unpaired) electrons. The van der Waals surface area contributed by atoms with E-state index in [4.69, 9.17) is 17.3 Å². The molecule has 18 heavy (non-hydrogen) atoms. The Balaban J connectivity index is 2.72. The summed E-state index contributed by atoms with van der Waals surface area (Å²) in [7, 11) is 4.05. The van der Waals surface area contributed by atoms with E-state index in [0.717, 1.165) is 6.54 Å². The molecule has 0 unspecified atom stereocenters. The smallest absolute Gasteiger partial charge is 0.143 e. The summed E-state index contributed by atoms with van der Waals surface area (Å²) < 4.78 is 13.4. The molecule has 0 atom stereocenters. The summed E-state index contributed by atoms with van der Waals surface area (Å²) in [5.41, 5.74) is 6.91. The maximum absolute atomic E-state index is 13.4. The van der Waals surface area contributed by atoms with E-state index in [9.17, 15) is 4.39 Å². The van der Waals surface area contributed by atoms with Gasteiger partial charge in [0.2, 0.25) is 0 Å². The Morgan fingerprint density at radius 3 is 2.56 bits per heavy atom. The second kappa shape index (κ2) is 5.76. The summed E-state index contributed by atoms with van der Waals surface area (Å²) in [5, 5.41) is 3.22. The number of anilines is 2. The van der Waals surface area contributed by atoms with Crippen LogP contribution in [-0.2, 0) is 0 Å². The van der Waals surface area contributed by atoms with Gasteiger partial charge in [0.05, 0.1) is 16.4 Å². The molecular formula is C13H21ClFN3. The van der Waals surface area contributed by atoms with Gasteiger partial charge in [-0.05, 0) is 25.6 Å². The SMILES string of the molecule is CN(C)CC(C)(C)CNc1cc(F)c(Cl)cc1N. The molecule has 0 aliphatic rings. The predicted octanol–water partition coefficient (Wildman–Crippen LogP) is 3.06. The van der Waals surface area contributed by atoms with Crippen molar-refractivity contribution in [3.63, 3.8) is 0 Å². The third kappa shape index (κ3) is 4.35. The highest BCUT2D eigenvalue weighted by Gasteiger charge is 2.19. The van der Waals surface area contributed by atoms with Gasteiger partial charge in [0.25, 0.3) is 0 Å². The van der Waals surface area contributed by atoms with Gasteiger partial charge >= 0.3 is 0 Å². The first-order valence-corrected chi connectivity index (χ1v) is 6.22. The van der Waals surface area contributed by atoms with E-state index in [-0.39, 0.29) is 10.4 Å². The number of nitrogens with zero attached hydrogens (tertiary/aromatic N) is 1. The average molecular weight is 274 g/mol. The highest BCUT2D eigenvalue weighted by atomic mass is 35.5. The van der Waals surface area contributed by atoms with Crippen LogP contribution in [0.2, 0.25) is 5.02 Å². The molecule has 0 spiro atoms. The Morgan fingerprint density at radius 2 is 2.00 bits per heavy atom. The van der Waals surface area contributed by atoms with Crippen LogP contribution in [0.1, 0.15) is 13.8 Å². The molecule has 0 aliphatic heterocycles. The van der Waals surface area contributed by atoms with Crippen molar-refractivity contribution in [1.29, 1.82) is 0 Å². The number of nitrogens with one attached hydrogen (secondary N) is 1. The van der Waals surface area contributed by atoms with E-state index in [1.807, 2.05) is 14.1 Å². The van der Waals surface area contributed by atoms with Gasteiger partial charge in [0, 0.05) is 19.2 Å². The van der Waals surface area contributed by atoms with Gasteiger partial charge < -0.3 is 16.0 Å². The quantitative estimate of drug-likeness (QED) is 0.810. The van der Waals surface area contributed by atoms with Crippen LogP contribution in [0, 0.1) is 11.2 Å². The topological polar surface area (TPSA) is 41.3 Å². The maximum Gasteiger partial charge on any atom is 0.143 e.